The molecule has 6 heteroatoms. The second-order valence-electron chi connectivity index (χ2n) is 5.57. The van der Waals surface area contributed by atoms with E-state index in [0.717, 1.165) is 11.3 Å². The maximum absolute atomic E-state index is 11.9. The zero-order valence-corrected chi connectivity index (χ0v) is 13.9. The van der Waals surface area contributed by atoms with Crippen molar-refractivity contribution in [1.82, 2.24) is 9.55 Å². The van der Waals surface area contributed by atoms with E-state index in [0.29, 0.717) is 16.9 Å². The summed E-state index contributed by atoms with van der Waals surface area (Å²) >= 11 is 0. The fourth-order valence-electron chi connectivity index (χ4n) is 2.91. The van der Waals surface area contributed by atoms with Gasteiger partial charge in [0.05, 0.1) is 11.0 Å². The average molecular weight is 350 g/mol. The first-order valence-corrected chi connectivity index (χ1v) is 9.09. The predicted octanol–water partition coefficient (Wildman–Crippen LogP) is 3.94. The molecule has 0 fully saturated rings. The van der Waals surface area contributed by atoms with Crippen molar-refractivity contribution >= 4 is 21.2 Å². The van der Waals surface area contributed by atoms with Crippen molar-refractivity contribution in [3.05, 3.63) is 78.9 Å². The topological polar surface area (TPSA) is 72.2 Å². The highest BCUT2D eigenvalue weighted by molar-refractivity contribution is 7.86. The first kappa shape index (κ1) is 15.6. The standard InChI is InChI=1S/C19H14N2O3S/c22-25(23,24)17-13-7-12-16-18(17)21(15-10-5-2-6-11-15)19(20-16)14-8-3-1-4-9-14/h1-13H,(H,22,23,24). The monoisotopic (exact) mass is 350 g/mol. The van der Waals surface area contributed by atoms with E-state index in [1.807, 2.05) is 60.7 Å². The largest absolute Gasteiger partial charge is 0.296 e. The quantitative estimate of drug-likeness (QED) is 0.568. The Morgan fingerprint density at radius 2 is 1.44 bits per heavy atom. The molecule has 0 aliphatic carbocycles. The Morgan fingerprint density at radius 3 is 2.08 bits per heavy atom. The van der Waals surface area contributed by atoms with Crippen LogP contribution in [0.15, 0.2) is 83.8 Å². The van der Waals surface area contributed by atoms with Gasteiger partial charge >= 0.3 is 0 Å². The molecule has 0 radical (unpaired) electrons. The van der Waals surface area contributed by atoms with Crippen LogP contribution in [0.3, 0.4) is 0 Å². The van der Waals surface area contributed by atoms with Gasteiger partial charge in [0, 0.05) is 11.3 Å². The lowest BCUT2D eigenvalue weighted by molar-refractivity contribution is 0.484. The fourth-order valence-corrected chi connectivity index (χ4v) is 3.60. The normalized spacial score (nSPS) is 11.7. The molecule has 124 valence electrons. The summed E-state index contributed by atoms with van der Waals surface area (Å²) in [6.07, 6.45) is 0. The summed E-state index contributed by atoms with van der Waals surface area (Å²) in [4.78, 5) is 4.46. The van der Waals surface area contributed by atoms with Gasteiger partial charge in [-0.15, -0.1) is 0 Å². The zero-order valence-electron chi connectivity index (χ0n) is 13.1. The molecule has 0 amide bonds. The van der Waals surface area contributed by atoms with Crippen molar-refractivity contribution in [2.45, 2.75) is 4.90 Å². The SMILES string of the molecule is O=S(=O)(O)c1cccc2nc(-c3ccccc3)n(-c3ccccc3)c12. The Kier molecular flexibility index (Phi) is 3.63. The third kappa shape index (κ3) is 2.71. The molecule has 0 atom stereocenters. The lowest BCUT2D eigenvalue weighted by Crippen LogP contribution is -2.04. The van der Waals surface area contributed by atoms with Crippen LogP contribution in [0.5, 0.6) is 0 Å². The highest BCUT2D eigenvalue weighted by Gasteiger charge is 2.22. The summed E-state index contributed by atoms with van der Waals surface area (Å²) in [7, 11) is -4.39. The molecule has 0 bridgehead atoms. The third-order valence-electron chi connectivity index (χ3n) is 3.96. The molecule has 0 unspecified atom stereocenters. The van der Waals surface area contributed by atoms with Gasteiger partial charge in [-0.1, -0.05) is 54.6 Å². The first-order chi connectivity index (χ1) is 12.1. The first-order valence-electron chi connectivity index (χ1n) is 7.65. The Hall–Kier alpha value is -2.96. The van der Waals surface area contributed by atoms with Gasteiger partial charge in [-0.25, -0.2) is 4.98 Å². The van der Waals surface area contributed by atoms with Crippen LogP contribution in [0.2, 0.25) is 0 Å². The van der Waals surface area contributed by atoms with Crippen LogP contribution in [-0.4, -0.2) is 22.5 Å². The Bertz CT molecular complexity index is 1150. The van der Waals surface area contributed by atoms with Gasteiger partial charge in [0.1, 0.15) is 10.7 Å². The van der Waals surface area contributed by atoms with E-state index >= 15 is 0 Å². The summed E-state index contributed by atoms with van der Waals surface area (Å²) in [6.45, 7) is 0. The number of benzene rings is 3. The Morgan fingerprint density at radius 1 is 0.800 bits per heavy atom. The molecule has 3 aromatic carbocycles. The molecule has 25 heavy (non-hydrogen) atoms. The summed E-state index contributed by atoms with van der Waals surface area (Å²) in [6, 6.07) is 23.6. The molecule has 1 N–H and O–H groups in total. The second-order valence-corrected chi connectivity index (χ2v) is 6.96. The van der Waals surface area contributed by atoms with Crippen molar-refractivity contribution in [1.29, 1.82) is 0 Å². The number of para-hydroxylation sites is 2. The van der Waals surface area contributed by atoms with Crippen molar-refractivity contribution in [3.8, 4) is 17.1 Å². The number of aromatic nitrogens is 2. The number of hydrogen-bond donors (Lipinski definition) is 1. The highest BCUT2D eigenvalue weighted by Crippen LogP contribution is 2.32. The Balaban J connectivity index is 2.17. The number of rotatable bonds is 3. The molecule has 0 spiro atoms. The number of hydrogen-bond acceptors (Lipinski definition) is 3. The molecule has 1 heterocycles. The minimum absolute atomic E-state index is 0.163. The van der Waals surface area contributed by atoms with Crippen LogP contribution in [0.1, 0.15) is 0 Å². The van der Waals surface area contributed by atoms with Gasteiger partial charge < -0.3 is 0 Å². The summed E-state index contributed by atoms with van der Waals surface area (Å²) in [5.41, 5.74) is 2.47. The van der Waals surface area contributed by atoms with E-state index < -0.39 is 10.1 Å². The van der Waals surface area contributed by atoms with Crippen LogP contribution < -0.4 is 0 Å². The lowest BCUT2D eigenvalue weighted by atomic mass is 10.2. The maximum Gasteiger partial charge on any atom is 0.296 e. The van der Waals surface area contributed by atoms with Crippen LogP contribution in [-0.2, 0) is 10.1 Å². The van der Waals surface area contributed by atoms with E-state index in [4.69, 9.17) is 0 Å². The molecule has 0 aliphatic heterocycles. The summed E-state index contributed by atoms with van der Waals surface area (Å²) in [5, 5.41) is 0. The van der Waals surface area contributed by atoms with Gasteiger partial charge in [0.25, 0.3) is 10.1 Å². The van der Waals surface area contributed by atoms with Crippen LogP contribution in [0.25, 0.3) is 28.1 Å². The van der Waals surface area contributed by atoms with Crippen LogP contribution in [0, 0.1) is 0 Å². The van der Waals surface area contributed by atoms with Gasteiger partial charge in [-0.2, -0.15) is 8.42 Å². The molecule has 0 aliphatic rings. The van der Waals surface area contributed by atoms with Gasteiger partial charge in [-0.3, -0.25) is 9.12 Å². The smallest absolute Gasteiger partial charge is 0.291 e. The van der Waals surface area contributed by atoms with Gasteiger partial charge in [-0.05, 0) is 24.3 Å². The Labute approximate surface area is 144 Å². The highest BCUT2D eigenvalue weighted by atomic mass is 32.2. The molecule has 1 aromatic heterocycles. The van der Waals surface area contributed by atoms with E-state index in [2.05, 4.69) is 4.98 Å². The molecule has 4 rings (SSSR count). The minimum atomic E-state index is -4.39. The number of nitrogens with zero attached hydrogens (tertiary/aromatic N) is 2. The second kappa shape index (κ2) is 5.84. The van der Waals surface area contributed by atoms with Gasteiger partial charge in [0.15, 0.2) is 0 Å². The lowest BCUT2D eigenvalue weighted by Gasteiger charge is -2.11. The van der Waals surface area contributed by atoms with E-state index in [1.165, 1.54) is 6.07 Å². The molecular weight excluding hydrogens is 336 g/mol. The van der Waals surface area contributed by atoms with Crippen molar-refractivity contribution in [3.63, 3.8) is 0 Å². The molecule has 5 nitrogen and oxygen atoms in total. The number of fused-ring (bicyclic) bond motifs is 1. The van der Waals surface area contributed by atoms with Crippen molar-refractivity contribution in [2.24, 2.45) is 0 Å². The predicted molar refractivity (Wildman–Crippen MR) is 96.3 cm³/mol. The zero-order chi connectivity index (χ0) is 17.4. The number of imidazole rings is 1. The summed E-state index contributed by atoms with van der Waals surface area (Å²) < 4.78 is 35.2. The van der Waals surface area contributed by atoms with E-state index in [9.17, 15) is 13.0 Å². The third-order valence-corrected chi connectivity index (χ3v) is 4.85. The fraction of sp³-hybridized carbons (Fsp3) is 0. The summed E-state index contributed by atoms with van der Waals surface area (Å²) in [5.74, 6) is 0.609. The van der Waals surface area contributed by atoms with Crippen LogP contribution >= 0.6 is 0 Å². The average Bonchev–Trinajstić information content (AvgIpc) is 3.02. The van der Waals surface area contributed by atoms with Crippen LogP contribution in [0.4, 0.5) is 0 Å². The minimum Gasteiger partial charge on any atom is -0.291 e. The molecular formula is C19H14N2O3S. The van der Waals surface area contributed by atoms with Crippen molar-refractivity contribution in [2.75, 3.05) is 0 Å². The van der Waals surface area contributed by atoms with E-state index in [-0.39, 0.29) is 4.90 Å². The van der Waals surface area contributed by atoms with Crippen molar-refractivity contribution < 1.29 is 13.0 Å². The molecule has 4 aromatic rings. The maximum atomic E-state index is 11.9. The van der Waals surface area contributed by atoms with E-state index in [1.54, 1.807) is 16.7 Å². The molecule has 0 saturated heterocycles. The van der Waals surface area contributed by atoms with Gasteiger partial charge in [0.2, 0.25) is 0 Å². The molecule has 0 saturated carbocycles.